The smallest absolute Gasteiger partial charge is 0.294 e. The number of hydrogen-bond acceptors (Lipinski definition) is 4. The number of ketones is 1. The van der Waals surface area contributed by atoms with E-state index in [4.69, 9.17) is 11.6 Å². The van der Waals surface area contributed by atoms with E-state index >= 15 is 0 Å². The molecule has 2 heterocycles. The van der Waals surface area contributed by atoms with Gasteiger partial charge in [0.25, 0.3) is 5.91 Å². The van der Waals surface area contributed by atoms with Crippen molar-refractivity contribution in [3.63, 3.8) is 0 Å². The largest absolute Gasteiger partial charge is 0.503 e. The summed E-state index contributed by atoms with van der Waals surface area (Å²) in [7, 11) is 0. The number of thiophene rings is 1. The Balaban J connectivity index is 2.11. The zero-order chi connectivity index (χ0) is 18.1. The van der Waals surface area contributed by atoms with E-state index in [2.05, 4.69) is 0 Å². The fourth-order valence-corrected chi connectivity index (χ4v) is 3.99. The van der Waals surface area contributed by atoms with Crippen LogP contribution in [0.2, 0.25) is 5.02 Å². The van der Waals surface area contributed by atoms with E-state index in [0.29, 0.717) is 10.7 Å². The molecule has 0 saturated carbocycles. The van der Waals surface area contributed by atoms with Crippen LogP contribution in [-0.4, -0.2) is 16.8 Å². The Kier molecular flexibility index (Phi) is 4.97. The molecule has 130 valence electrons. The van der Waals surface area contributed by atoms with Crippen LogP contribution < -0.4 is 4.90 Å². The first kappa shape index (κ1) is 17.7. The molecule has 1 aliphatic rings. The minimum atomic E-state index is -0.628. The third-order valence-electron chi connectivity index (χ3n) is 4.00. The summed E-state index contributed by atoms with van der Waals surface area (Å²) in [5.74, 6) is -1.12. The second-order valence-corrected chi connectivity index (χ2v) is 7.77. The maximum atomic E-state index is 12.8. The highest BCUT2D eigenvalue weighted by Gasteiger charge is 2.44. The number of Topliss-reactive ketones (excluding diaryl/α,β-unsaturated/α-hetero) is 1. The number of aliphatic hydroxyl groups is 1. The highest BCUT2D eigenvalue weighted by atomic mass is 35.5. The van der Waals surface area contributed by atoms with Crippen molar-refractivity contribution in [3.05, 3.63) is 63.0 Å². The Morgan fingerprint density at radius 3 is 2.68 bits per heavy atom. The van der Waals surface area contributed by atoms with Gasteiger partial charge in [-0.25, -0.2) is 0 Å². The lowest BCUT2D eigenvalue weighted by Gasteiger charge is -2.26. The third-order valence-corrected chi connectivity index (χ3v) is 5.16. The van der Waals surface area contributed by atoms with Crippen LogP contribution in [0, 0.1) is 5.92 Å². The number of anilines is 1. The van der Waals surface area contributed by atoms with Gasteiger partial charge in [-0.05, 0) is 35.6 Å². The van der Waals surface area contributed by atoms with E-state index < -0.39 is 17.7 Å². The third kappa shape index (κ3) is 3.34. The van der Waals surface area contributed by atoms with Gasteiger partial charge in [0, 0.05) is 22.0 Å². The van der Waals surface area contributed by atoms with E-state index in [1.165, 1.54) is 16.2 Å². The van der Waals surface area contributed by atoms with Crippen molar-refractivity contribution >= 4 is 40.3 Å². The van der Waals surface area contributed by atoms with Gasteiger partial charge in [0.15, 0.2) is 11.5 Å². The van der Waals surface area contributed by atoms with Crippen LogP contribution >= 0.6 is 22.9 Å². The van der Waals surface area contributed by atoms with Gasteiger partial charge in [-0.2, -0.15) is 0 Å². The normalized spacial score (nSPS) is 17.7. The zero-order valence-corrected chi connectivity index (χ0v) is 15.5. The molecule has 1 atom stereocenters. The Bertz CT molecular complexity index is 842. The van der Waals surface area contributed by atoms with Crippen LogP contribution in [0.5, 0.6) is 0 Å². The Labute approximate surface area is 155 Å². The molecule has 25 heavy (non-hydrogen) atoms. The van der Waals surface area contributed by atoms with Gasteiger partial charge in [-0.1, -0.05) is 37.6 Å². The molecule has 1 aliphatic heterocycles. The molecule has 0 bridgehead atoms. The van der Waals surface area contributed by atoms with E-state index in [0.717, 1.165) is 4.88 Å². The summed E-state index contributed by atoms with van der Waals surface area (Å²) < 4.78 is 0. The predicted molar refractivity (Wildman–Crippen MR) is 100 cm³/mol. The minimum Gasteiger partial charge on any atom is -0.503 e. The second-order valence-electron chi connectivity index (χ2n) is 6.36. The lowest BCUT2D eigenvalue weighted by Crippen LogP contribution is -2.30. The van der Waals surface area contributed by atoms with E-state index in [1.54, 1.807) is 24.3 Å². The van der Waals surface area contributed by atoms with Crippen LogP contribution in [0.1, 0.15) is 31.2 Å². The van der Waals surface area contributed by atoms with Crippen LogP contribution in [0.25, 0.3) is 0 Å². The lowest BCUT2D eigenvalue weighted by molar-refractivity contribution is -0.118. The zero-order valence-electron chi connectivity index (χ0n) is 13.9. The maximum Gasteiger partial charge on any atom is 0.294 e. The second kappa shape index (κ2) is 7.02. The molecule has 6 heteroatoms. The summed E-state index contributed by atoms with van der Waals surface area (Å²) in [5.41, 5.74) is 0.718. The number of halogens is 1. The topological polar surface area (TPSA) is 57.6 Å². The molecule has 0 radical (unpaired) electrons. The molecule has 0 spiro atoms. The molecule has 1 aromatic heterocycles. The molecule has 1 unspecified atom stereocenters. The first-order chi connectivity index (χ1) is 11.9. The van der Waals surface area contributed by atoms with Crippen molar-refractivity contribution in [2.24, 2.45) is 5.92 Å². The summed E-state index contributed by atoms with van der Waals surface area (Å²) in [4.78, 5) is 27.8. The number of hydrogen-bond donors (Lipinski definition) is 1. The van der Waals surface area contributed by atoms with Gasteiger partial charge < -0.3 is 5.11 Å². The Morgan fingerprint density at radius 1 is 1.32 bits per heavy atom. The summed E-state index contributed by atoms with van der Waals surface area (Å²) in [5, 5.41) is 12.8. The first-order valence-corrected chi connectivity index (χ1v) is 9.24. The Morgan fingerprint density at radius 2 is 2.08 bits per heavy atom. The van der Waals surface area contributed by atoms with Crippen LogP contribution in [0.3, 0.4) is 0 Å². The van der Waals surface area contributed by atoms with Crippen molar-refractivity contribution in [3.8, 4) is 0 Å². The maximum absolute atomic E-state index is 12.8. The number of rotatable bonds is 5. The standard InChI is InChI=1S/C19H18ClNO3S/c1-11(2)9-14(22)16-17(15-7-4-8-25-15)21(19(24)18(16)23)13-6-3-5-12(20)10-13/h3-8,10-11,17,23H,9H2,1-2H3. The molecule has 2 aromatic rings. The summed E-state index contributed by atoms with van der Waals surface area (Å²) in [6, 6.07) is 9.95. The van der Waals surface area contributed by atoms with Gasteiger partial charge in [0.05, 0.1) is 5.57 Å². The number of benzene rings is 1. The first-order valence-electron chi connectivity index (χ1n) is 7.99. The van der Waals surface area contributed by atoms with E-state index in [1.807, 2.05) is 31.4 Å². The molecule has 0 aliphatic carbocycles. The molecule has 1 N–H and O–H groups in total. The number of aliphatic hydroxyl groups excluding tert-OH is 1. The summed E-state index contributed by atoms with van der Waals surface area (Å²) in [6.07, 6.45) is 0.276. The quantitative estimate of drug-likeness (QED) is 0.807. The van der Waals surface area contributed by atoms with E-state index in [-0.39, 0.29) is 23.7 Å². The summed E-state index contributed by atoms with van der Waals surface area (Å²) >= 11 is 7.51. The van der Waals surface area contributed by atoms with Crippen molar-refractivity contribution in [1.82, 2.24) is 0 Å². The van der Waals surface area contributed by atoms with Crippen LogP contribution in [0.15, 0.2) is 53.1 Å². The predicted octanol–water partition coefficient (Wildman–Crippen LogP) is 4.92. The van der Waals surface area contributed by atoms with Gasteiger partial charge >= 0.3 is 0 Å². The number of carbonyl (C=O) groups is 2. The van der Waals surface area contributed by atoms with Crippen molar-refractivity contribution in [2.45, 2.75) is 26.3 Å². The van der Waals surface area contributed by atoms with Crippen LogP contribution in [-0.2, 0) is 9.59 Å². The molecule has 4 nitrogen and oxygen atoms in total. The lowest BCUT2D eigenvalue weighted by atomic mass is 9.95. The fourth-order valence-electron chi connectivity index (χ4n) is 2.98. The Hall–Kier alpha value is -2.11. The summed E-state index contributed by atoms with van der Waals surface area (Å²) in [6.45, 7) is 3.86. The molecule has 3 rings (SSSR count). The van der Waals surface area contributed by atoms with Crippen LogP contribution in [0.4, 0.5) is 5.69 Å². The molecular formula is C19H18ClNO3S. The highest BCUT2D eigenvalue weighted by molar-refractivity contribution is 7.10. The SMILES string of the molecule is CC(C)CC(=O)C1=C(O)C(=O)N(c2cccc(Cl)c2)C1c1cccs1. The van der Waals surface area contributed by atoms with Crippen molar-refractivity contribution in [2.75, 3.05) is 4.90 Å². The molecule has 1 amide bonds. The van der Waals surface area contributed by atoms with Crippen molar-refractivity contribution in [1.29, 1.82) is 0 Å². The van der Waals surface area contributed by atoms with Gasteiger partial charge in [-0.15, -0.1) is 11.3 Å². The number of nitrogens with zero attached hydrogens (tertiary/aromatic N) is 1. The van der Waals surface area contributed by atoms with Gasteiger partial charge in [0.2, 0.25) is 0 Å². The van der Waals surface area contributed by atoms with Crippen molar-refractivity contribution < 1.29 is 14.7 Å². The number of carbonyl (C=O) groups excluding carboxylic acids is 2. The molecular weight excluding hydrogens is 358 g/mol. The number of amides is 1. The van der Waals surface area contributed by atoms with E-state index in [9.17, 15) is 14.7 Å². The van der Waals surface area contributed by atoms with Gasteiger partial charge in [-0.3, -0.25) is 14.5 Å². The highest BCUT2D eigenvalue weighted by Crippen LogP contribution is 2.43. The average molecular weight is 376 g/mol. The monoisotopic (exact) mass is 375 g/mol. The molecule has 0 saturated heterocycles. The fraction of sp³-hybridized carbons (Fsp3) is 0.263. The molecule has 1 aromatic carbocycles. The van der Waals surface area contributed by atoms with Gasteiger partial charge in [0.1, 0.15) is 6.04 Å². The molecule has 0 fully saturated rings. The minimum absolute atomic E-state index is 0.132. The average Bonchev–Trinajstić information content (AvgIpc) is 3.14.